The van der Waals surface area contributed by atoms with Crippen LogP contribution in [0.15, 0.2) is 0 Å². The first kappa shape index (κ1) is 12.0. The number of carbonyl (C=O) groups excluding carboxylic acids is 1. The van der Waals surface area contributed by atoms with Gasteiger partial charge in [-0.15, -0.1) is 0 Å². The van der Waals surface area contributed by atoms with Gasteiger partial charge < -0.3 is 4.90 Å². The molecule has 1 amide bonds. The highest BCUT2D eigenvalue weighted by atomic mass is 16.2. The number of nitriles is 1. The Morgan fingerprint density at radius 2 is 2.27 bits per heavy atom. The zero-order valence-electron chi connectivity index (χ0n) is 9.57. The van der Waals surface area contributed by atoms with Gasteiger partial charge in [-0.05, 0) is 33.4 Å². The van der Waals surface area contributed by atoms with Crippen LogP contribution in [0.3, 0.4) is 0 Å². The molecule has 4 nitrogen and oxygen atoms in total. The van der Waals surface area contributed by atoms with Crippen LogP contribution < -0.4 is 0 Å². The van der Waals surface area contributed by atoms with Crippen molar-refractivity contribution in [1.82, 2.24) is 9.80 Å². The van der Waals surface area contributed by atoms with Crippen LogP contribution in [0.25, 0.3) is 0 Å². The van der Waals surface area contributed by atoms with Crippen molar-refractivity contribution in [3.8, 4) is 6.07 Å². The van der Waals surface area contributed by atoms with Gasteiger partial charge >= 0.3 is 0 Å². The van der Waals surface area contributed by atoms with Crippen molar-refractivity contribution in [3.63, 3.8) is 0 Å². The molecule has 1 unspecified atom stereocenters. The fourth-order valence-corrected chi connectivity index (χ4v) is 1.97. The van der Waals surface area contributed by atoms with E-state index in [1.54, 1.807) is 0 Å². The van der Waals surface area contributed by atoms with Crippen molar-refractivity contribution >= 4 is 5.91 Å². The molecule has 0 saturated carbocycles. The zero-order valence-corrected chi connectivity index (χ0v) is 9.57. The van der Waals surface area contributed by atoms with E-state index in [4.69, 9.17) is 5.26 Å². The maximum absolute atomic E-state index is 12.1. The van der Waals surface area contributed by atoms with Crippen LogP contribution in [-0.4, -0.2) is 48.9 Å². The molecule has 0 aliphatic carbocycles. The first-order chi connectivity index (χ1) is 7.16. The quantitative estimate of drug-likeness (QED) is 0.692. The zero-order chi connectivity index (χ0) is 11.3. The molecule has 0 bridgehead atoms. The SMILES string of the molecule is CN(C)C1CCCCN(CCC#N)C1=O. The number of likely N-dealkylation sites (tertiary alicyclic amines) is 1. The van der Waals surface area contributed by atoms with Gasteiger partial charge in [0.05, 0.1) is 18.5 Å². The van der Waals surface area contributed by atoms with Gasteiger partial charge in [-0.25, -0.2) is 0 Å². The van der Waals surface area contributed by atoms with E-state index >= 15 is 0 Å². The molecule has 0 aromatic heterocycles. The third kappa shape index (κ3) is 3.21. The summed E-state index contributed by atoms with van der Waals surface area (Å²) in [5, 5.41) is 8.53. The second-order valence-electron chi connectivity index (χ2n) is 4.21. The van der Waals surface area contributed by atoms with E-state index in [1.807, 2.05) is 23.9 Å². The van der Waals surface area contributed by atoms with Crippen LogP contribution in [0.2, 0.25) is 0 Å². The Balaban J connectivity index is 2.63. The third-order valence-electron chi connectivity index (χ3n) is 2.87. The van der Waals surface area contributed by atoms with E-state index in [0.717, 1.165) is 25.8 Å². The van der Waals surface area contributed by atoms with Crippen LogP contribution in [0.4, 0.5) is 0 Å². The minimum Gasteiger partial charge on any atom is -0.340 e. The highest BCUT2D eigenvalue weighted by Crippen LogP contribution is 2.15. The van der Waals surface area contributed by atoms with Crippen LogP contribution in [0.1, 0.15) is 25.7 Å². The van der Waals surface area contributed by atoms with E-state index < -0.39 is 0 Å². The maximum atomic E-state index is 12.1. The Kier molecular flexibility index (Phi) is 4.57. The molecule has 1 fully saturated rings. The molecule has 15 heavy (non-hydrogen) atoms. The van der Waals surface area contributed by atoms with Gasteiger partial charge in [0.25, 0.3) is 0 Å². The number of hydrogen-bond acceptors (Lipinski definition) is 3. The Bertz CT molecular complexity index is 257. The molecule has 0 aromatic carbocycles. The summed E-state index contributed by atoms with van der Waals surface area (Å²) < 4.78 is 0. The Morgan fingerprint density at radius 1 is 1.53 bits per heavy atom. The lowest BCUT2D eigenvalue weighted by Gasteiger charge is -2.27. The number of carbonyl (C=O) groups is 1. The highest BCUT2D eigenvalue weighted by Gasteiger charge is 2.27. The van der Waals surface area contributed by atoms with Crippen molar-refractivity contribution in [3.05, 3.63) is 0 Å². The molecule has 1 rings (SSSR count). The lowest BCUT2D eigenvalue weighted by molar-refractivity contribution is -0.135. The Hall–Kier alpha value is -1.08. The number of amides is 1. The summed E-state index contributed by atoms with van der Waals surface area (Å²) in [6.07, 6.45) is 3.53. The molecule has 0 N–H and O–H groups in total. The number of nitrogens with zero attached hydrogens (tertiary/aromatic N) is 3. The van der Waals surface area contributed by atoms with Gasteiger partial charge in [0.2, 0.25) is 5.91 Å². The lowest BCUT2D eigenvalue weighted by Crippen LogP contribution is -2.44. The smallest absolute Gasteiger partial charge is 0.239 e. The largest absolute Gasteiger partial charge is 0.340 e. The van der Waals surface area contributed by atoms with Crippen LogP contribution in [0.5, 0.6) is 0 Å². The molecule has 0 spiro atoms. The van der Waals surface area contributed by atoms with E-state index in [9.17, 15) is 4.79 Å². The van der Waals surface area contributed by atoms with E-state index in [-0.39, 0.29) is 11.9 Å². The summed E-state index contributed by atoms with van der Waals surface area (Å²) in [4.78, 5) is 15.9. The predicted molar refractivity (Wildman–Crippen MR) is 58.1 cm³/mol. The van der Waals surface area contributed by atoms with Gasteiger partial charge in [-0.2, -0.15) is 5.26 Å². The van der Waals surface area contributed by atoms with Crippen molar-refractivity contribution in [1.29, 1.82) is 5.26 Å². The second-order valence-corrected chi connectivity index (χ2v) is 4.21. The predicted octanol–water partition coefficient (Wildman–Crippen LogP) is 0.843. The Morgan fingerprint density at radius 3 is 2.87 bits per heavy atom. The molecule has 1 aliphatic rings. The average molecular weight is 209 g/mol. The van der Waals surface area contributed by atoms with Crippen molar-refractivity contribution in [2.75, 3.05) is 27.2 Å². The van der Waals surface area contributed by atoms with E-state index in [1.165, 1.54) is 0 Å². The van der Waals surface area contributed by atoms with Gasteiger partial charge in [-0.3, -0.25) is 9.69 Å². The molecule has 0 aromatic rings. The fourth-order valence-electron chi connectivity index (χ4n) is 1.97. The molecular formula is C11H19N3O. The number of hydrogen-bond donors (Lipinski definition) is 0. The first-order valence-corrected chi connectivity index (χ1v) is 5.49. The van der Waals surface area contributed by atoms with Crippen molar-refractivity contribution < 1.29 is 4.79 Å². The minimum atomic E-state index is 0.00573. The fraction of sp³-hybridized carbons (Fsp3) is 0.818. The normalized spacial score (nSPS) is 22.7. The topological polar surface area (TPSA) is 47.3 Å². The highest BCUT2D eigenvalue weighted by molar-refractivity contribution is 5.82. The maximum Gasteiger partial charge on any atom is 0.239 e. The molecule has 4 heteroatoms. The van der Waals surface area contributed by atoms with Crippen molar-refractivity contribution in [2.24, 2.45) is 0 Å². The summed E-state index contributed by atoms with van der Waals surface area (Å²) in [5.41, 5.74) is 0. The molecule has 1 saturated heterocycles. The molecule has 1 heterocycles. The van der Waals surface area contributed by atoms with Crippen LogP contribution in [-0.2, 0) is 4.79 Å². The number of rotatable bonds is 3. The molecule has 0 radical (unpaired) electrons. The van der Waals surface area contributed by atoms with E-state index in [0.29, 0.717) is 13.0 Å². The summed E-state index contributed by atoms with van der Waals surface area (Å²) in [6.45, 7) is 1.39. The Labute approximate surface area is 91.5 Å². The van der Waals surface area contributed by atoms with Gasteiger partial charge in [0, 0.05) is 13.1 Å². The van der Waals surface area contributed by atoms with E-state index in [2.05, 4.69) is 6.07 Å². The third-order valence-corrected chi connectivity index (χ3v) is 2.87. The monoisotopic (exact) mass is 209 g/mol. The van der Waals surface area contributed by atoms with Gasteiger partial charge in [0.1, 0.15) is 0 Å². The summed E-state index contributed by atoms with van der Waals surface area (Å²) in [5.74, 6) is 0.188. The van der Waals surface area contributed by atoms with Crippen LogP contribution in [0, 0.1) is 11.3 Å². The minimum absolute atomic E-state index is 0.00573. The number of likely N-dealkylation sites (N-methyl/N-ethyl adjacent to an activating group) is 1. The van der Waals surface area contributed by atoms with Gasteiger partial charge in [-0.1, -0.05) is 0 Å². The summed E-state index contributed by atoms with van der Waals surface area (Å²) in [7, 11) is 3.88. The second kappa shape index (κ2) is 5.72. The summed E-state index contributed by atoms with van der Waals surface area (Å²) in [6, 6.07) is 2.10. The molecule has 84 valence electrons. The molecule has 1 aliphatic heterocycles. The average Bonchev–Trinajstić information content (AvgIpc) is 2.37. The van der Waals surface area contributed by atoms with Crippen LogP contribution >= 0.6 is 0 Å². The van der Waals surface area contributed by atoms with Crippen molar-refractivity contribution in [2.45, 2.75) is 31.7 Å². The molecular weight excluding hydrogens is 190 g/mol. The standard InChI is InChI=1S/C11H19N3O/c1-13(2)10-6-3-4-8-14(11(10)15)9-5-7-12/h10H,3-6,8-9H2,1-2H3. The summed E-state index contributed by atoms with van der Waals surface area (Å²) >= 11 is 0. The molecule has 1 atom stereocenters. The van der Waals surface area contributed by atoms with Gasteiger partial charge in [0.15, 0.2) is 0 Å². The first-order valence-electron chi connectivity index (χ1n) is 5.49. The lowest BCUT2D eigenvalue weighted by atomic mass is 10.1.